The zero-order valence-electron chi connectivity index (χ0n) is 14.6. The molecule has 0 aromatic heterocycles. The average Bonchev–Trinajstić information content (AvgIpc) is 2.56. The summed E-state index contributed by atoms with van der Waals surface area (Å²) in [6.07, 6.45) is 1.37. The van der Waals surface area contributed by atoms with E-state index in [0.717, 1.165) is 10.0 Å². The van der Waals surface area contributed by atoms with Crippen molar-refractivity contribution in [2.24, 2.45) is 5.10 Å². The lowest BCUT2D eigenvalue weighted by molar-refractivity contribution is 0.0955. The summed E-state index contributed by atoms with van der Waals surface area (Å²) in [5.74, 6) is -0.0451. The highest BCUT2D eigenvalue weighted by Crippen LogP contribution is 2.32. The van der Waals surface area contributed by atoms with Crippen molar-refractivity contribution in [2.45, 2.75) is 26.2 Å². The predicted octanol–water partition coefficient (Wildman–Crippen LogP) is 4.22. The van der Waals surface area contributed by atoms with Gasteiger partial charge in [0.1, 0.15) is 0 Å². The van der Waals surface area contributed by atoms with Crippen molar-refractivity contribution in [1.29, 1.82) is 0 Å². The summed E-state index contributed by atoms with van der Waals surface area (Å²) in [5, 5.41) is 14.0. The van der Waals surface area contributed by atoms with Gasteiger partial charge >= 0.3 is 0 Å². The maximum absolute atomic E-state index is 12.1. The first-order valence-electron chi connectivity index (χ1n) is 7.73. The summed E-state index contributed by atoms with van der Waals surface area (Å²) in [7, 11) is 1.46. The van der Waals surface area contributed by atoms with E-state index < -0.39 is 0 Å². The molecule has 0 fully saturated rings. The molecule has 0 heterocycles. The number of methoxy groups -OCH3 is 1. The second-order valence-electron chi connectivity index (χ2n) is 6.57. The van der Waals surface area contributed by atoms with Gasteiger partial charge in [0.15, 0.2) is 11.5 Å². The van der Waals surface area contributed by atoms with Crippen molar-refractivity contribution in [2.75, 3.05) is 7.11 Å². The molecule has 0 aliphatic heterocycles. The standard InChI is InChI=1S/C19H21BrN2O3/c1-19(2,3)14-7-5-12(6-8-14)18(24)22-21-11-13-9-15(20)10-16(25-4)17(13)23/h5-11,23H,1-4H3,(H,22,24). The third-order valence-electron chi connectivity index (χ3n) is 3.67. The largest absolute Gasteiger partial charge is 0.504 e. The van der Waals surface area contributed by atoms with Crippen molar-refractivity contribution in [3.8, 4) is 11.5 Å². The Morgan fingerprint density at radius 3 is 2.44 bits per heavy atom. The summed E-state index contributed by atoms with van der Waals surface area (Å²) in [5.41, 5.74) is 4.58. The molecule has 2 aromatic carbocycles. The van der Waals surface area contributed by atoms with Crippen LogP contribution in [0.3, 0.4) is 0 Å². The van der Waals surface area contributed by atoms with E-state index >= 15 is 0 Å². The summed E-state index contributed by atoms with van der Waals surface area (Å²) in [4.78, 5) is 12.1. The number of rotatable bonds is 4. The minimum atomic E-state index is -0.321. The molecule has 0 saturated carbocycles. The topological polar surface area (TPSA) is 70.9 Å². The average molecular weight is 405 g/mol. The van der Waals surface area contributed by atoms with Gasteiger partial charge in [-0.25, -0.2) is 5.43 Å². The predicted molar refractivity (Wildman–Crippen MR) is 103 cm³/mol. The number of aromatic hydroxyl groups is 1. The van der Waals surface area contributed by atoms with E-state index in [4.69, 9.17) is 4.74 Å². The highest BCUT2D eigenvalue weighted by atomic mass is 79.9. The van der Waals surface area contributed by atoms with Crippen LogP contribution in [0.15, 0.2) is 46.0 Å². The smallest absolute Gasteiger partial charge is 0.271 e. The lowest BCUT2D eigenvalue weighted by Gasteiger charge is -2.18. The number of nitrogens with zero attached hydrogens (tertiary/aromatic N) is 1. The first kappa shape index (κ1) is 19.0. The van der Waals surface area contributed by atoms with Crippen LogP contribution in [0.2, 0.25) is 0 Å². The number of halogens is 1. The van der Waals surface area contributed by atoms with Crippen LogP contribution in [-0.2, 0) is 5.41 Å². The van der Waals surface area contributed by atoms with Gasteiger partial charge in [-0.1, -0.05) is 48.8 Å². The number of phenols is 1. The van der Waals surface area contributed by atoms with Gasteiger partial charge in [0.25, 0.3) is 5.91 Å². The molecular formula is C19H21BrN2O3. The first-order chi connectivity index (χ1) is 11.7. The Balaban J connectivity index is 2.10. The maximum atomic E-state index is 12.1. The number of benzene rings is 2. The number of phenolic OH excluding ortho intramolecular Hbond substituents is 1. The van der Waals surface area contributed by atoms with Crippen LogP contribution in [0, 0.1) is 0 Å². The monoisotopic (exact) mass is 404 g/mol. The first-order valence-corrected chi connectivity index (χ1v) is 8.52. The molecule has 0 aliphatic carbocycles. The number of hydrogen-bond donors (Lipinski definition) is 2. The van der Waals surface area contributed by atoms with Gasteiger partial charge in [0.2, 0.25) is 0 Å². The second-order valence-corrected chi connectivity index (χ2v) is 7.49. The van der Waals surface area contributed by atoms with Gasteiger partial charge in [0.05, 0.1) is 13.3 Å². The van der Waals surface area contributed by atoms with Crippen molar-refractivity contribution in [1.82, 2.24) is 5.43 Å². The molecule has 0 saturated heterocycles. The number of hydrazone groups is 1. The number of hydrogen-bond acceptors (Lipinski definition) is 4. The van der Waals surface area contributed by atoms with Crippen LogP contribution in [0.1, 0.15) is 42.3 Å². The molecule has 5 nitrogen and oxygen atoms in total. The molecule has 0 spiro atoms. The van der Waals surface area contributed by atoms with E-state index in [1.807, 2.05) is 12.1 Å². The Kier molecular flexibility index (Phi) is 5.85. The minimum Gasteiger partial charge on any atom is -0.504 e. The lowest BCUT2D eigenvalue weighted by atomic mass is 9.87. The third-order valence-corrected chi connectivity index (χ3v) is 4.13. The van der Waals surface area contributed by atoms with E-state index in [0.29, 0.717) is 16.9 Å². The number of carbonyl (C=O) groups is 1. The summed E-state index contributed by atoms with van der Waals surface area (Å²) in [6, 6.07) is 10.7. The second kappa shape index (κ2) is 7.70. The Labute approximate surface area is 155 Å². The van der Waals surface area contributed by atoms with E-state index in [9.17, 15) is 9.90 Å². The molecule has 6 heteroatoms. The zero-order valence-corrected chi connectivity index (χ0v) is 16.2. The molecule has 2 rings (SSSR count). The molecular weight excluding hydrogens is 384 g/mol. The van der Waals surface area contributed by atoms with Gasteiger partial charge in [-0.3, -0.25) is 4.79 Å². The van der Waals surface area contributed by atoms with Crippen molar-refractivity contribution >= 4 is 28.1 Å². The molecule has 0 radical (unpaired) electrons. The van der Waals surface area contributed by atoms with Crippen LogP contribution in [0.25, 0.3) is 0 Å². The maximum Gasteiger partial charge on any atom is 0.271 e. The Bertz CT molecular complexity index is 794. The Morgan fingerprint density at radius 1 is 1.24 bits per heavy atom. The van der Waals surface area contributed by atoms with Crippen LogP contribution < -0.4 is 10.2 Å². The van der Waals surface area contributed by atoms with Gasteiger partial charge < -0.3 is 9.84 Å². The molecule has 2 aromatic rings. The summed E-state index contributed by atoms with van der Waals surface area (Å²) >= 11 is 3.33. The van der Waals surface area contributed by atoms with E-state index in [1.54, 1.807) is 24.3 Å². The Morgan fingerprint density at radius 2 is 1.88 bits per heavy atom. The fourth-order valence-electron chi connectivity index (χ4n) is 2.20. The molecule has 1 amide bonds. The number of carbonyl (C=O) groups excluding carboxylic acids is 1. The quantitative estimate of drug-likeness (QED) is 0.591. The molecule has 25 heavy (non-hydrogen) atoms. The van der Waals surface area contributed by atoms with Crippen LogP contribution in [0.5, 0.6) is 11.5 Å². The zero-order chi connectivity index (χ0) is 18.6. The lowest BCUT2D eigenvalue weighted by Crippen LogP contribution is -2.18. The van der Waals surface area contributed by atoms with E-state index in [1.165, 1.54) is 13.3 Å². The van der Waals surface area contributed by atoms with Crippen LogP contribution >= 0.6 is 15.9 Å². The number of ether oxygens (including phenoxy) is 1. The van der Waals surface area contributed by atoms with E-state index in [2.05, 4.69) is 47.2 Å². The van der Waals surface area contributed by atoms with Crippen molar-refractivity contribution < 1.29 is 14.6 Å². The summed E-state index contributed by atoms with van der Waals surface area (Å²) in [6.45, 7) is 6.35. The molecule has 0 atom stereocenters. The molecule has 0 unspecified atom stereocenters. The van der Waals surface area contributed by atoms with Crippen molar-refractivity contribution in [3.63, 3.8) is 0 Å². The van der Waals surface area contributed by atoms with Gasteiger partial charge in [-0.15, -0.1) is 0 Å². The van der Waals surface area contributed by atoms with Gasteiger partial charge in [-0.05, 0) is 35.2 Å². The normalized spacial score (nSPS) is 11.6. The van der Waals surface area contributed by atoms with Gasteiger partial charge in [-0.2, -0.15) is 5.10 Å². The van der Waals surface area contributed by atoms with Crippen LogP contribution in [0.4, 0.5) is 0 Å². The van der Waals surface area contributed by atoms with Crippen molar-refractivity contribution in [3.05, 3.63) is 57.6 Å². The molecule has 0 bridgehead atoms. The Hall–Kier alpha value is -2.34. The molecule has 2 N–H and O–H groups in total. The fourth-order valence-corrected chi connectivity index (χ4v) is 2.65. The van der Waals surface area contributed by atoms with Gasteiger partial charge in [0, 0.05) is 15.6 Å². The highest BCUT2D eigenvalue weighted by molar-refractivity contribution is 9.10. The SMILES string of the molecule is COc1cc(Br)cc(C=NNC(=O)c2ccc(C(C)(C)C)cc2)c1O. The number of amides is 1. The van der Waals surface area contributed by atoms with E-state index in [-0.39, 0.29) is 17.1 Å². The van der Waals surface area contributed by atoms with Crippen LogP contribution in [-0.4, -0.2) is 24.3 Å². The minimum absolute atomic E-state index is 0.0322. The molecule has 0 aliphatic rings. The third kappa shape index (κ3) is 4.82. The summed E-state index contributed by atoms with van der Waals surface area (Å²) < 4.78 is 5.80. The fraction of sp³-hybridized carbons (Fsp3) is 0.263. The highest BCUT2D eigenvalue weighted by Gasteiger charge is 2.14. The number of nitrogens with one attached hydrogen (secondary N) is 1. The molecule has 132 valence electrons.